The molecule has 168 valence electrons. The van der Waals surface area contributed by atoms with E-state index in [1.165, 1.54) is 0 Å². The Bertz CT molecular complexity index is 922. The van der Waals surface area contributed by atoms with E-state index < -0.39 is 30.2 Å². The zero-order valence-corrected chi connectivity index (χ0v) is 18.1. The summed E-state index contributed by atoms with van der Waals surface area (Å²) in [6.45, 7) is 5.67. The molecular formula is C22H23ClF3NO4. The van der Waals surface area contributed by atoms with Gasteiger partial charge in [0.2, 0.25) is 0 Å². The molecular weight excluding hydrogens is 435 g/mol. The van der Waals surface area contributed by atoms with Crippen molar-refractivity contribution in [1.82, 2.24) is 0 Å². The summed E-state index contributed by atoms with van der Waals surface area (Å²) in [6.07, 6.45) is -4.68. The number of carbonyl (C=O) groups is 2. The Hall–Kier alpha value is -2.74. The third kappa shape index (κ3) is 7.79. The molecule has 0 saturated heterocycles. The normalized spacial score (nSPS) is 11.7. The molecule has 31 heavy (non-hydrogen) atoms. The Morgan fingerprint density at radius 1 is 1.00 bits per heavy atom. The smallest absolute Gasteiger partial charge is 0.416 e. The van der Waals surface area contributed by atoms with Crippen LogP contribution in [0.4, 0.5) is 18.9 Å². The first-order valence-electron chi connectivity index (χ1n) is 9.42. The van der Waals surface area contributed by atoms with E-state index in [-0.39, 0.29) is 29.2 Å². The predicted molar refractivity (Wildman–Crippen MR) is 111 cm³/mol. The number of anilines is 1. The van der Waals surface area contributed by atoms with Crippen LogP contribution >= 0.6 is 11.6 Å². The van der Waals surface area contributed by atoms with Crippen LogP contribution in [0.2, 0.25) is 5.02 Å². The van der Waals surface area contributed by atoms with Crippen molar-refractivity contribution >= 4 is 29.2 Å². The maximum Gasteiger partial charge on any atom is 0.416 e. The van der Waals surface area contributed by atoms with Crippen LogP contribution < -0.4 is 10.1 Å². The van der Waals surface area contributed by atoms with Gasteiger partial charge in [0.05, 0.1) is 29.3 Å². The number of hydrogen-bond acceptors (Lipinski definition) is 4. The quantitative estimate of drug-likeness (QED) is 0.549. The number of nitrogens with one attached hydrogen (secondary N) is 1. The van der Waals surface area contributed by atoms with Gasteiger partial charge in [0.15, 0.2) is 6.61 Å². The van der Waals surface area contributed by atoms with E-state index in [0.29, 0.717) is 11.8 Å². The number of benzene rings is 2. The second-order valence-corrected chi connectivity index (χ2v) is 8.18. The van der Waals surface area contributed by atoms with Crippen LogP contribution in [-0.4, -0.2) is 25.1 Å². The van der Waals surface area contributed by atoms with Crippen LogP contribution in [0.3, 0.4) is 0 Å². The molecule has 0 aliphatic carbocycles. The van der Waals surface area contributed by atoms with Crippen LogP contribution in [0.5, 0.6) is 5.75 Å². The van der Waals surface area contributed by atoms with Crippen LogP contribution in [0, 0.1) is 0 Å². The SMILES string of the molecule is CC(C)(C)c1ccc(OCCC(=O)OCC(=O)Nc2cc(C(F)(F)F)ccc2Cl)cc1. The summed E-state index contributed by atoms with van der Waals surface area (Å²) in [7, 11) is 0. The lowest BCUT2D eigenvalue weighted by molar-refractivity contribution is -0.147. The van der Waals surface area contributed by atoms with Crippen molar-refractivity contribution in [2.45, 2.75) is 38.8 Å². The molecule has 0 bridgehead atoms. The number of carbonyl (C=O) groups excluding carboxylic acids is 2. The number of rotatable bonds is 7. The van der Waals surface area contributed by atoms with E-state index in [1.54, 1.807) is 12.1 Å². The zero-order valence-electron chi connectivity index (χ0n) is 17.3. The fraction of sp³-hybridized carbons (Fsp3) is 0.364. The average molecular weight is 458 g/mol. The highest BCUT2D eigenvalue weighted by Crippen LogP contribution is 2.33. The van der Waals surface area contributed by atoms with Gasteiger partial charge in [-0.1, -0.05) is 44.5 Å². The van der Waals surface area contributed by atoms with Gasteiger partial charge in [-0.25, -0.2) is 0 Å². The Kier molecular flexibility index (Phi) is 7.95. The molecule has 0 atom stereocenters. The zero-order chi connectivity index (χ0) is 23.2. The number of alkyl halides is 3. The first-order chi connectivity index (χ1) is 14.4. The first kappa shape index (κ1) is 24.5. The molecule has 0 saturated carbocycles. The van der Waals surface area contributed by atoms with Gasteiger partial charge in [-0.3, -0.25) is 9.59 Å². The lowest BCUT2D eigenvalue weighted by Gasteiger charge is -2.19. The Labute approximate surface area is 183 Å². The highest BCUT2D eigenvalue weighted by Gasteiger charge is 2.31. The van der Waals surface area contributed by atoms with Crippen molar-refractivity contribution in [3.63, 3.8) is 0 Å². The van der Waals surface area contributed by atoms with E-state index in [1.807, 2.05) is 12.1 Å². The van der Waals surface area contributed by atoms with Crippen molar-refractivity contribution < 1.29 is 32.2 Å². The van der Waals surface area contributed by atoms with Crippen LogP contribution in [-0.2, 0) is 25.9 Å². The van der Waals surface area contributed by atoms with Gasteiger partial charge < -0.3 is 14.8 Å². The second kappa shape index (κ2) is 10.0. The second-order valence-electron chi connectivity index (χ2n) is 7.77. The summed E-state index contributed by atoms with van der Waals surface area (Å²) in [4.78, 5) is 23.6. The van der Waals surface area contributed by atoms with E-state index >= 15 is 0 Å². The Balaban J connectivity index is 1.77. The van der Waals surface area contributed by atoms with Crippen molar-refractivity contribution in [2.75, 3.05) is 18.5 Å². The lowest BCUT2D eigenvalue weighted by atomic mass is 9.87. The van der Waals surface area contributed by atoms with Crippen molar-refractivity contribution in [2.24, 2.45) is 0 Å². The largest absolute Gasteiger partial charge is 0.493 e. The Morgan fingerprint density at radius 3 is 2.19 bits per heavy atom. The number of esters is 1. The van der Waals surface area contributed by atoms with E-state index in [2.05, 4.69) is 26.1 Å². The summed E-state index contributed by atoms with van der Waals surface area (Å²) in [6, 6.07) is 10.0. The van der Waals surface area contributed by atoms with Crippen LogP contribution in [0.15, 0.2) is 42.5 Å². The number of halogens is 4. The monoisotopic (exact) mass is 457 g/mol. The molecule has 1 amide bonds. The van der Waals surface area contributed by atoms with Crippen molar-refractivity contribution in [3.05, 3.63) is 58.6 Å². The fourth-order valence-electron chi connectivity index (χ4n) is 2.51. The molecule has 0 unspecified atom stereocenters. The number of hydrogen-bond donors (Lipinski definition) is 1. The first-order valence-corrected chi connectivity index (χ1v) is 9.79. The summed E-state index contributed by atoms with van der Waals surface area (Å²) in [5, 5.41) is 2.13. The van der Waals surface area contributed by atoms with Gasteiger partial charge in [-0.2, -0.15) is 13.2 Å². The van der Waals surface area contributed by atoms with E-state index in [4.69, 9.17) is 21.1 Å². The molecule has 2 rings (SSSR count). The van der Waals surface area contributed by atoms with Gasteiger partial charge in [0, 0.05) is 0 Å². The molecule has 0 aromatic heterocycles. The van der Waals surface area contributed by atoms with Crippen LogP contribution in [0.25, 0.3) is 0 Å². The van der Waals surface area contributed by atoms with Crippen molar-refractivity contribution in [1.29, 1.82) is 0 Å². The van der Waals surface area contributed by atoms with Crippen LogP contribution in [0.1, 0.15) is 38.3 Å². The summed E-state index contributed by atoms with van der Waals surface area (Å²) in [5.74, 6) is -0.900. The number of ether oxygens (including phenoxy) is 2. The lowest BCUT2D eigenvalue weighted by Crippen LogP contribution is -2.22. The minimum Gasteiger partial charge on any atom is -0.493 e. The molecule has 0 spiro atoms. The summed E-state index contributed by atoms with van der Waals surface area (Å²) < 4.78 is 48.6. The minimum atomic E-state index is -4.58. The average Bonchev–Trinajstić information content (AvgIpc) is 2.67. The summed E-state index contributed by atoms with van der Waals surface area (Å²) in [5.41, 5.74) is -0.0242. The third-order valence-corrected chi connectivity index (χ3v) is 4.56. The van der Waals surface area contributed by atoms with Gasteiger partial charge in [0.1, 0.15) is 5.75 Å². The molecule has 2 aromatic carbocycles. The van der Waals surface area contributed by atoms with E-state index in [9.17, 15) is 22.8 Å². The molecule has 0 heterocycles. The highest BCUT2D eigenvalue weighted by molar-refractivity contribution is 6.33. The van der Waals surface area contributed by atoms with Crippen molar-refractivity contribution in [3.8, 4) is 5.75 Å². The third-order valence-electron chi connectivity index (χ3n) is 4.23. The molecule has 1 N–H and O–H groups in total. The molecule has 2 aromatic rings. The molecule has 0 aliphatic heterocycles. The topological polar surface area (TPSA) is 64.6 Å². The maximum atomic E-state index is 12.8. The molecule has 5 nitrogen and oxygen atoms in total. The summed E-state index contributed by atoms with van der Waals surface area (Å²) >= 11 is 5.81. The fourth-order valence-corrected chi connectivity index (χ4v) is 2.67. The standard InChI is InChI=1S/C22H23ClF3NO4/c1-21(2,3)14-4-7-16(8-5-14)30-11-10-20(29)31-13-19(28)27-18-12-15(22(24,25)26)6-9-17(18)23/h4-9,12H,10-11,13H2,1-3H3,(H,27,28). The van der Waals surface area contributed by atoms with Gasteiger partial charge in [-0.15, -0.1) is 0 Å². The van der Waals surface area contributed by atoms with E-state index in [0.717, 1.165) is 17.7 Å². The molecule has 0 fully saturated rings. The minimum absolute atomic E-state index is 0.0151. The maximum absolute atomic E-state index is 12.8. The molecule has 0 radical (unpaired) electrons. The number of amides is 1. The van der Waals surface area contributed by atoms with Gasteiger partial charge in [0.25, 0.3) is 5.91 Å². The predicted octanol–water partition coefficient (Wildman–Crippen LogP) is 5.61. The highest BCUT2D eigenvalue weighted by atomic mass is 35.5. The Morgan fingerprint density at radius 2 is 1.61 bits per heavy atom. The molecule has 0 aliphatic rings. The molecule has 9 heteroatoms. The van der Waals surface area contributed by atoms with Gasteiger partial charge in [-0.05, 0) is 41.3 Å². The van der Waals surface area contributed by atoms with Gasteiger partial charge >= 0.3 is 12.1 Å².